The number of anilines is 2. The number of nitrogens with one attached hydrogen (secondary N) is 1. The predicted octanol–water partition coefficient (Wildman–Crippen LogP) is 1.30. The van der Waals surface area contributed by atoms with E-state index < -0.39 is 0 Å². The van der Waals surface area contributed by atoms with Gasteiger partial charge >= 0.3 is 0 Å². The Kier molecular flexibility index (Phi) is 3.10. The zero-order chi connectivity index (χ0) is 11.5. The standard InChI is InChI=1S/C12H17N3O/c1-15(9-6-7-9)8-12(16)14-11-5-3-2-4-10(11)13/h2-5,9H,6-8,13H2,1H3,(H,14,16). The number of carbonyl (C=O) groups excluding carboxylic acids is 1. The van der Waals surface area contributed by atoms with E-state index in [1.54, 1.807) is 6.07 Å². The smallest absolute Gasteiger partial charge is 0.238 e. The maximum Gasteiger partial charge on any atom is 0.238 e. The molecule has 3 N–H and O–H groups in total. The molecule has 1 fully saturated rings. The monoisotopic (exact) mass is 219 g/mol. The number of amides is 1. The van der Waals surface area contributed by atoms with E-state index in [-0.39, 0.29) is 5.91 Å². The van der Waals surface area contributed by atoms with Crippen LogP contribution in [0, 0.1) is 0 Å². The van der Waals surface area contributed by atoms with Crippen LogP contribution in [0.3, 0.4) is 0 Å². The first kappa shape index (κ1) is 11.0. The van der Waals surface area contributed by atoms with Crippen molar-refractivity contribution in [3.05, 3.63) is 24.3 Å². The number of nitrogen functional groups attached to an aromatic ring is 1. The minimum Gasteiger partial charge on any atom is -0.397 e. The average molecular weight is 219 g/mol. The molecular weight excluding hydrogens is 202 g/mol. The maximum atomic E-state index is 11.7. The van der Waals surface area contributed by atoms with Gasteiger partial charge in [-0.1, -0.05) is 12.1 Å². The molecule has 1 aliphatic carbocycles. The highest BCUT2D eigenvalue weighted by Crippen LogP contribution is 2.25. The van der Waals surface area contributed by atoms with Crippen LogP contribution in [0.4, 0.5) is 11.4 Å². The van der Waals surface area contributed by atoms with Gasteiger partial charge in [0.15, 0.2) is 0 Å². The summed E-state index contributed by atoms with van der Waals surface area (Å²) in [5, 5.41) is 2.82. The number of hydrogen-bond donors (Lipinski definition) is 2. The van der Waals surface area contributed by atoms with Crippen LogP contribution in [-0.2, 0) is 4.79 Å². The van der Waals surface area contributed by atoms with E-state index in [1.807, 2.05) is 25.2 Å². The summed E-state index contributed by atoms with van der Waals surface area (Å²) in [6.07, 6.45) is 2.41. The van der Waals surface area contributed by atoms with Crippen LogP contribution in [0.5, 0.6) is 0 Å². The highest BCUT2D eigenvalue weighted by Gasteiger charge is 2.27. The van der Waals surface area contributed by atoms with Gasteiger partial charge in [-0.3, -0.25) is 9.69 Å². The molecule has 0 aromatic heterocycles. The molecule has 1 aliphatic rings. The molecule has 4 nitrogen and oxygen atoms in total. The third-order valence-electron chi connectivity index (χ3n) is 2.80. The summed E-state index contributed by atoms with van der Waals surface area (Å²) in [6, 6.07) is 7.89. The van der Waals surface area contributed by atoms with E-state index in [9.17, 15) is 4.79 Å². The van der Waals surface area contributed by atoms with Gasteiger partial charge in [-0.05, 0) is 32.0 Å². The molecule has 86 valence electrons. The van der Waals surface area contributed by atoms with Gasteiger partial charge in [-0.25, -0.2) is 0 Å². The van der Waals surface area contributed by atoms with Gasteiger partial charge in [0.1, 0.15) is 0 Å². The van der Waals surface area contributed by atoms with Crippen molar-refractivity contribution in [2.45, 2.75) is 18.9 Å². The lowest BCUT2D eigenvalue weighted by Crippen LogP contribution is -2.31. The summed E-state index contributed by atoms with van der Waals surface area (Å²) in [5.74, 6) is -0.00713. The van der Waals surface area contributed by atoms with Crippen molar-refractivity contribution in [2.24, 2.45) is 0 Å². The fourth-order valence-electron chi connectivity index (χ4n) is 1.67. The minimum absolute atomic E-state index is 0.00713. The lowest BCUT2D eigenvalue weighted by Gasteiger charge is -2.15. The lowest BCUT2D eigenvalue weighted by molar-refractivity contribution is -0.117. The first-order valence-electron chi connectivity index (χ1n) is 5.51. The van der Waals surface area contributed by atoms with Gasteiger partial charge in [0.25, 0.3) is 0 Å². The molecule has 0 unspecified atom stereocenters. The zero-order valence-corrected chi connectivity index (χ0v) is 9.44. The Labute approximate surface area is 95.4 Å². The zero-order valence-electron chi connectivity index (χ0n) is 9.44. The highest BCUT2D eigenvalue weighted by atomic mass is 16.2. The molecule has 0 atom stereocenters. The molecule has 16 heavy (non-hydrogen) atoms. The molecule has 0 aliphatic heterocycles. The van der Waals surface area contributed by atoms with Crippen LogP contribution in [0.25, 0.3) is 0 Å². The average Bonchev–Trinajstić information content (AvgIpc) is 3.04. The number of para-hydroxylation sites is 2. The summed E-state index contributed by atoms with van der Waals surface area (Å²) in [7, 11) is 1.98. The van der Waals surface area contributed by atoms with Gasteiger partial charge in [-0.15, -0.1) is 0 Å². The van der Waals surface area contributed by atoms with Crippen LogP contribution < -0.4 is 11.1 Å². The van der Waals surface area contributed by atoms with Crippen molar-refractivity contribution in [3.63, 3.8) is 0 Å². The first-order valence-corrected chi connectivity index (χ1v) is 5.51. The molecule has 1 amide bonds. The second-order valence-corrected chi connectivity index (χ2v) is 4.28. The number of rotatable bonds is 4. The molecule has 0 radical (unpaired) electrons. The highest BCUT2D eigenvalue weighted by molar-refractivity contribution is 5.95. The fraction of sp³-hybridized carbons (Fsp3) is 0.417. The van der Waals surface area contributed by atoms with Gasteiger partial charge in [0.2, 0.25) is 5.91 Å². The molecule has 0 heterocycles. The normalized spacial score (nSPS) is 15.1. The van der Waals surface area contributed by atoms with E-state index in [0.29, 0.717) is 24.0 Å². The largest absolute Gasteiger partial charge is 0.397 e. The maximum absolute atomic E-state index is 11.7. The summed E-state index contributed by atoms with van der Waals surface area (Å²) in [6.45, 7) is 0.430. The lowest BCUT2D eigenvalue weighted by atomic mass is 10.2. The molecule has 1 aromatic carbocycles. The van der Waals surface area contributed by atoms with Crippen molar-refractivity contribution < 1.29 is 4.79 Å². The summed E-state index contributed by atoms with van der Waals surface area (Å²) < 4.78 is 0. The quantitative estimate of drug-likeness (QED) is 0.750. The van der Waals surface area contributed by atoms with Crippen LogP contribution in [0.1, 0.15) is 12.8 Å². The van der Waals surface area contributed by atoms with E-state index in [4.69, 9.17) is 5.73 Å². The second-order valence-electron chi connectivity index (χ2n) is 4.28. The molecule has 0 spiro atoms. The minimum atomic E-state index is -0.00713. The molecule has 0 bridgehead atoms. The van der Waals surface area contributed by atoms with Gasteiger partial charge < -0.3 is 11.1 Å². The van der Waals surface area contributed by atoms with Crippen molar-refractivity contribution in [1.82, 2.24) is 4.90 Å². The Hall–Kier alpha value is -1.55. The summed E-state index contributed by atoms with van der Waals surface area (Å²) in [5.41, 5.74) is 7.04. The number of nitrogens with zero attached hydrogens (tertiary/aromatic N) is 1. The van der Waals surface area contributed by atoms with E-state index >= 15 is 0 Å². The molecule has 4 heteroatoms. The molecule has 0 saturated heterocycles. The van der Waals surface area contributed by atoms with Crippen LogP contribution in [0.15, 0.2) is 24.3 Å². The molecule has 1 aromatic rings. The third kappa shape index (κ3) is 2.73. The Balaban J connectivity index is 1.89. The van der Waals surface area contributed by atoms with Gasteiger partial charge in [0, 0.05) is 6.04 Å². The Morgan fingerprint density at radius 2 is 2.19 bits per heavy atom. The SMILES string of the molecule is CN(CC(=O)Nc1ccccc1N)C1CC1. The fourth-order valence-corrected chi connectivity index (χ4v) is 1.67. The third-order valence-corrected chi connectivity index (χ3v) is 2.80. The van der Waals surface area contributed by atoms with Gasteiger partial charge in [0.05, 0.1) is 17.9 Å². The van der Waals surface area contributed by atoms with Crippen molar-refractivity contribution >= 4 is 17.3 Å². The van der Waals surface area contributed by atoms with Crippen LogP contribution in [-0.4, -0.2) is 30.4 Å². The summed E-state index contributed by atoms with van der Waals surface area (Å²) >= 11 is 0. The number of carbonyl (C=O) groups is 1. The van der Waals surface area contributed by atoms with E-state index in [1.165, 1.54) is 12.8 Å². The predicted molar refractivity (Wildman–Crippen MR) is 65.1 cm³/mol. The topological polar surface area (TPSA) is 58.4 Å². The van der Waals surface area contributed by atoms with Crippen molar-refractivity contribution in [2.75, 3.05) is 24.6 Å². The van der Waals surface area contributed by atoms with Crippen LogP contribution in [0.2, 0.25) is 0 Å². The number of benzene rings is 1. The van der Waals surface area contributed by atoms with Crippen molar-refractivity contribution in [1.29, 1.82) is 0 Å². The number of nitrogens with two attached hydrogens (primary N) is 1. The number of hydrogen-bond acceptors (Lipinski definition) is 3. The van der Waals surface area contributed by atoms with E-state index in [0.717, 1.165) is 0 Å². The second kappa shape index (κ2) is 4.53. The Bertz CT molecular complexity index is 388. The molecule has 2 rings (SSSR count). The molecular formula is C12H17N3O. The summed E-state index contributed by atoms with van der Waals surface area (Å²) in [4.78, 5) is 13.8. The molecule has 1 saturated carbocycles. The Morgan fingerprint density at radius 1 is 1.50 bits per heavy atom. The van der Waals surface area contributed by atoms with Crippen molar-refractivity contribution in [3.8, 4) is 0 Å². The van der Waals surface area contributed by atoms with Crippen LogP contribution >= 0.6 is 0 Å². The van der Waals surface area contributed by atoms with Gasteiger partial charge in [-0.2, -0.15) is 0 Å². The first-order chi connectivity index (χ1) is 7.66. The Morgan fingerprint density at radius 3 is 2.81 bits per heavy atom. The number of likely N-dealkylation sites (N-methyl/N-ethyl adjacent to an activating group) is 1. The van der Waals surface area contributed by atoms with E-state index in [2.05, 4.69) is 10.2 Å².